The van der Waals surface area contributed by atoms with Crippen molar-refractivity contribution in [3.05, 3.63) is 40.9 Å². The highest BCUT2D eigenvalue weighted by atomic mass is 17.1. The Labute approximate surface area is 168 Å². The number of aliphatic hydroxyl groups excluding tert-OH is 1. The van der Waals surface area contributed by atoms with E-state index in [9.17, 15) is 0 Å². The van der Waals surface area contributed by atoms with Gasteiger partial charge >= 0.3 is 0 Å². The Morgan fingerprint density at radius 1 is 1.07 bits per heavy atom. The predicted octanol–water partition coefficient (Wildman–Crippen LogP) is 0.0932. The molecule has 0 aliphatic heterocycles. The van der Waals surface area contributed by atoms with E-state index in [0.29, 0.717) is 28.5 Å². The molecule has 0 atom stereocenters. The molecule has 0 saturated heterocycles. The molecule has 10 heteroatoms. The Morgan fingerprint density at radius 3 is 2.38 bits per heavy atom. The molecule has 0 radical (unpaired) electrons. The van der Waals surface area contributed by atoms with Crippen LogP contribution in [0.3, 0.4) is 0 Å². The van der Waals surface area contributed by atoms with Gasteiger partial charge in [-0.15, -0.1) is 6.42 Å². The van der Waals surface area contributed by atoms with Crippen molar-refractivity contribution in [1.82, 2.24) is 9.97 Å². The van der Waals surface area contributed by atoms with E-state index in [-0.39, 0.29) is 39.6 Å². The van der Waals surface area contributed by atoms with Gasteiger partial charge in [0.25, 0.3) is 0 Å². The summed E-state index contributed by atoms with van der Waals surface area (Å²) in [5.41, 5.74) is 0.512. The molecule has 0 bridgehead atoms. The Balaban J connectivity index is 3.00. The predicted molar refractivity (Wildman–Crippen MR) is 106 cm³/mol. The number of terminal acetylenes is 1. The molecule has 0 unspecified atom stereocenters. The summed E-state index contributed by atoms with van der Waals surface area (Å²) in [7, 11) is 0. The minimum atomic E-state index is 0.0576. The number of hydrogen-bond acceptors (Lipinski definition) is 10. The summed E-state index contributed by atoms with van der Waals surface area (Å²) in [5, 5.41) is 29.9. The molecule has 0 aromatic carbocycles. The molecule has 4 N–H and O–H groups in total. The zero-order chi connectivity index (χ0) is 21.2. The summed E-state index contributed by atoms with van der Waals surface area (Å²) in [6, 6.07) is 0. The van der Waals surface area contributed by atoms with E-state index in [1.54, 1.807) is 18.2 Å². The van der Waals surface area contributed by atoms with Gasteiger partial charge in [-0.1, -0.05) is 5.92 Å². The van der Waals surface area contributed by atoms with E-state index in [2.05, 4.69) is 31.0 Å². The molecule has 0 aliphatic carbocycles. The number of nitrogens with one attached hydrogen (secondary N) is 1. The van der Waals surface area contributed by atoms with E-state index in [1.165, 1.54) is 12.4 Å². The summed E-state index contributed by atoms with van der Waals surface area (Å²) >= 11 is 0. The zero-order valence-corrected chi connectivity index (χ0v) is 15.9. The van der Waals surface area contributed by atoms with E-state index in [1.807, 2.05) is 0 Å². The lowest BCUT2D eigenvalue weighted by Crippen LogP contribution is -2.33. The first-order valence-corrected chi connectivity index (χ1v) is 8.67. The first-order chi connectivity index (χ1) is 14.3. The molecule has 158 valence electrons. The van der Waals surface area contributed by atoms with Crippen molar-refractivity contribution < 1.29 is 34.9 Å². The topological polar surface area (TPSA) is 135 Å². The maximum Gasteiger partial charge on any atom is 0.137 e. The molecule has 29 heavy (non-hydrogen) atoms. The van der Waals surface area contributed by atoms with E-state index in [0.717, 1.165) is 6.26 Å². The summed E-state index contributed by atoms with van der Waals surface area (Å²) in [4.78, 5) is 16.4. The highest BCUT2D eigenvalue weighted by molar-refractivity contribution is 5.45. The summed E-state index contributed by atoms with van der Waals surface area (Å²) in [6.45, 7) is 1.43. The smallest absolute Gasteiger partial charge is 0.137 e. The second-order valence-corrected chi connectivity index (χ2v) is 5.25. The number of aromatic nitrogens is 2. The van der Waals surface area contributed by atoms with Crippen LogP contribution in [-0.2, 0) is 19.2 Å². The molecular formula is C19H25N3O7. The molecule has 1 rings (SSSR count). The summed E-state index contributed by atoms with van der Waals surface area (Å²) < 4.78 is 10.7. The van der Waals surface area contributed by atoms with Crippen LogP contribution in [0.4, 0.5) is 5.82 Å². The van der Waals surface area contributed by atoms with Crippen molar-refractivity contribution in [2.75, 3.05) is 51.5 Å². The number of nitrogens with zero attached hydrogens (tertiary/aromatic N) is 2. The molecule has 0 aliphatic rings. The van der Waals surface area contributed by atoms with Crippen molar-refractivity contribution in [2.24, 2.45) is 0 Å². The van der Waals surface area contributed by atoms with Crippen LogP contribution in [0.5, 0.6) is 0 Å². The SMILES string of the molecule is C#CC(/C=C\O)=C/CNc1ncnc(=C/COCCOO)/c1=C\COCCOO. The Bertz CT molecular complexity index is 803. The fourth-order valence-electron chi connectivity index (χ4n) is 2.07. The van der Waals surface area contributed by atoms with Crippen LogP contribution in [0.25, 0.3) is 12.2 Å². The van der Waals surface area contributed by atoms with Gasteiger partial charge in [0, 0.05) is 17.3 Å². The van der Waals surface area contributed by atoms with Gasteiger partial charge in [0.05, 0.1) is 38.0 Å². The molecule has 0 saturated carbocycles. The second-order valence-electron chi connectivity index (χ2n) is 5.25. The second kappa shape index (κ2) is 16.2. The third kappa shape index (κ3) is 10.4. The van der Waals surface area contributed by atoms with Crippen LogP contribution in [0, 0.1) is 12.3 Å². The van der Waals surface area contributed by atoms with Crippen LogP contribution < -0.4 is 15.9 Å². The lowest BCUT2D eigenvalue weighted by Gasteiger charge is -2.05. The molecule has 1 aromatic rings. The zero-order valence-electron chi connectivity index (χ0n) is 15.9. The van der Waals surface area contributed by atoms with E-state index >= 15 is 0 Å². The Hall–Kier alpha value is -2.78. The van der Waals surface area contributed by atoms with Crippen molar-refractivity contribution in [3.8, 4) is 12.3 Å². The van der Waals surface area contributed by atoms with Gasteiger partial charge in [0.2, 0.25) is 0 Å². The van der Waals surface area contributed by atoms with Crippen LogP contribution in [0.15, 0.2) is 30.3 Å². The molecule has 0 fully saturated rings. The van der Waals surface area contributed by atoms with E-state index < -0.39 is 0 Å². The van der Waals surface area contributed by atoms with Gasteiger partial charge in [-0.3, -0.25) is 10.5 Å². The number of anilines is 1. The van der Waals surface area contributed by atoms with Gasteiger partial charge in [-0.05, 0) is 24.3 Å². The van der Waals surface area contributed by atoms with Crippen LogP contribution in [0.2, 0.25) is 0 Å². The molecule has 1 aromatic heterocycles. The third-order valence-electron chi connectivity index (χ3n) is 3.36. The fraction of sp³-hybridized carbons (Fsp3) is 0.368. The Kier molecular flexibility index (Phi) is 13.6. The maximum atomic E-state index is 8.82. The van der Waals surface area contributed by atoms with Crippen LogP contribution in [-0.4, -0.2) is 71.8 Å². The highest BCUT2D eigenvalue weighted by Gasteiger charge is 2.00. The lowest BCUT2D eigenvalue weighted by molar-refractivity contribution is -0.248. The van der Waals surface area contributed by atoms with Crippen molar-refractivity contribution in [2.45, 2.75) is 0 Å². The first-order valence-electron chi connectivity index (χ1n) is 8.67. The van der Waals surface area contributed by atoms with Gasteiger partial charge in [0.15, 0.2) is 0 Å². The van der Waals surface area contributed by atoms with Crippen molar-refractivity contribution in [1.29, 1.82) is 0 Å². The largest absolute Gasteiger partial charge is 0.516 e. The molecule has 0 spiro atoms. The number of aliphatic hydroxyl groups is 1. The van der Waals surface area contributed by atoms with Crippen LogP contribution in [0.1, 0.15) is 0 Å². The van der Waals surface area contributed by atoms with E-state index in [4.69, 9.17) is 31.5 Å². The van der Waals surface area contributed by atoms with Gasteiger partial charge in [-0.25, -0.2) is 19.7 Å². The number of hydrogen-bond donors (Lipinski definition) is 4. The number of ether oxygens (including phenoxy) is 2. The fourth-order valence-corrected chi connectivity index (χ4v) is 2.07. The summed E-state index contributed by atoms with van der Waals surface area (Å²) in [5.74, 6) is 2.99. The number of allylic oxidation sites excluding steroid dienone is 2. The van der Waals surface area contributed by atoms with Crippen LogP contribution >= 0.6 is 0 Å². The Morgan fingerprint density at radius 2 is 1.76 bits per heavy atom. The first kappa shape index (κ1) is 24.3. The third-order valence-corrected chi connectivity index (χ3v) is 3.36. The minimum absolute atomic E-state index is 0.0576. The van der Waals surface area contributed by atoms with Gasteiger partial charge in [-0.2, -0.15) is 0 Å². The number of rotatable bonds is 14. The summed E-state index contributed by atoms with van der Waals surface area (Å²) in [6.07, 6.45) is 14.3. The molecule has 0 amide bonds. The van der Waals surface area contributed by atoms with Gasteiger partial charge < -0.3 is 19.9 Å². The van der Waals surface area contributed by atoms with Gasteiger partial charge in [0.1, 0.15) is 25.4 Å². The van der Waals surface area contributed by atoms with Crippen molar-refractivity contribution in [3.63, 3.8) is 0 Å². The maximum absolute atomic E-state index is 8.82. The standard InChI is InChI=1S/C19H25N3O7/c1-2-16(4-8-23)3-7-20-19-17(5-9-26-11-13-28-24)18(21-15-22-19)6-10-27-12-14-29-25/h1,3-6,8,15,23-25H,7,9-14H2,(H,20,21,22)/b8-4-,16-3-,17-5+,18-6+. The van der Waals surface area contributed by atoms with Crippen molar-refractivity contribution >= 4 is 18.0 Å². The molecular weight excluding hydrogens is 382 g/mol. The molecule has 1 heterocycles. The monoisotopic (exact) mass is 407 g/mol. The highest BCUT2D eigenvalue weighted by Crippen LogP contribution is 1.95. The lowest BCUT2D eigenvalue weighted by atomic mass is 10.2. The average molecular weight is 407 g/mol. The minimum Gasteiger partial charge on any atom is -0.516 e. The normalized spacial score (nSPS) is 13.2. The quantitative estimate of drug-likeness (QED) is 0.0839. The average Bonchev–Trinajstić information content (AvgIpc) is 2.74. The molecule has 10 nitrogen and oxygen atoms in total.